The highest BCUT2D eigenvalue weighted by Crippen LogP contribution is 2.23. The third-order valence-corrected chi connectivity index (χ3v) is 4.84. The molecule has 1 aromatic rings. The van der Waals surface area contributed by atoms with E-state index in [1.54, 1.807) is 18.2 Å². The Morgan fingerprint density at radius 1 is 1.43 bits per heavy atom. The number of nitrogens with zero attached hydrogens (tertiary/aromatic N) is 1. The van der Waals surface area contributed by atoms with Crippen molar-refractivity contribution in [3.05, 3.63) is 29.8 Å². The zero-order chi connectivity index (χ0) is 16.9. The number of hydrogen-bond acceptors (Lipinski definition) is 4. The molecule has 2 N–H and O–H groups in total. The Morgan fingerprint density at radius 3 is 2.87 bits per heavy atom. The molecule has 0 saturated carbocycles. The highest BCUT2D eigenvalue weighted by molar-refractivity contribution is 7.90. The van der Waals surface area contributed by atoms with Gasteiger partial charge in [0.2, 0.25) is 5.91 Å². The summed E-state index contributed by atoms with van der Waals surface area (Å²) >= 11 is 0. The van der Waals surface area contributed by atoms with Gasteiger partial charge in [-0.25, -0.2) is 8.42 Å². The number of benzene rings is 1. The van der Waals surface area contributed by atoms with E-state index in [0.717, 1.165) is 12.8 Å². The summed E-state index contributed by atoms with van der Waals surface area (Å²) in [6.07, 6.45) is 7.39. The van der Waals surface area contributed by atoms with Gasteiger partial charge < -0.3 is 5.32 Å². The second-order valence-electron chi connectivity index (χ2n) is 5.16. The number of carbonyl (C=O) groups excluding carboxylic acids is 1. The maximum absolute atomic E-state index is 12.2. The van der Waals surface area contributed by atoms with Crippen LogP contribution in [0.3, 0.4) is 0 Å². The number of sulfonamides is 1. The molecule has 1 aliphatic rings. The molecule has 1 amide bonds. The fraction of sp³-hybridized carbons (Fsp3) is 0.375. The number of aliphatic imine (C=N–C) groups is 1. The van der Waals surface area contributed by atoms with E-state index in [2.05, 4.69) is 21.0 Å². The number of rotatable bonds is 6. The minimum absolute atomic E-state index is 0.120. The first-order valence-electron chi connectivity index (χ1n) is 7.40. The number of hydrogen-bond donors (Lipinski definition) is 2. The van der Waals surface area contributed by atoms with Gasteiger partial charge >= 0.3 is 0 Å². The van der Waals surface area contributed by atoms with E-state index in [0.29, 0.717) is 12.0 Å². The maximum atomic E-state index is 12.2. The lowest BCUT2D eigenvalue weighted by Gasteiger charge is -2.12. The second kappa shape index (κ2) is 7.29. The van der Waals surface area contributed by atoms with Gasteiger partial charge in [0, 0.05) is 5.56 Å². The largest absolute Gasteiger partial charge is 0.343 e. The van der Waals surface area contributed by atoms with Crippen LogP contribution in [0.5, 0.6) is 0 Å². The number of terminal acetylenes is 1. The second-order valence-corrected chi connectivity index (χ2v) is 6.81. The lowest BCUT2D eigenvalue weighted by molar-refractivity contribution is -0.122. The predicted molar refractivity (Wildman–Crippen MR) is 88.5 cm³/mol. The van der Waals surface area contributed by atoms with E-state index in [4.69, 9.17) is 6.42 Å². The van der Waals surface area contributed by atoms with Crippen molar-refractivity contribution >= 4 is 21.8 Å². The van der Waals surface area contributed by atoms with E-state index in [-0.39, 0.29) is 23.2 Å². The Hall–Kier alpha value is -2.33. The highest BCUT2D eigenvalue weighted by Gasteiger charge is 2.31. The smallest absolute Gasteiger partial charge is 0.263 e. The monoisotopic (exact) mass is 333 g/mol. The van der Waals surface area contributed by atoms with Crippen LogP contribution in [0.2, 0.25) is 0 Å². The standard InChI is InChI=1S/C16H19N3O3S/c1-3-5-9-13(16(20)17-11-4-2)18-15-12-8-6-7-10-14(12)23(21,22)19-15/h2,6-8,10,13H,3,5,9,11H2,1H3,(H,17,20)(H,18,19). The summed E-state index contributed by atoms with van der Waals surface area (Å²) in [5, 5.41) is 2.60. The van der Waals surface area contributed by atoms with E-state index in [1.165, 1.54) is 6.07 Å². The van der Waals surface area contributed by atoms with Crippen LogP contribution in [-0.2, 0) is 14.8 Å². The fourth-order valence-electron chi connectivity index (χ4n) is 2.29. The quantitative estimate of drug-likeness (QED) is 0.762. The van der Waals surface area contributed by atoms with Gasteiger partial charge in [0.1, 0.15) is 11.9 Å². The maximum Gasteiger partial charge on any atom is 0.263 e. The topological polar surface area (TPSA) is 87.6 Å². The molecule has 6 nitrogen and oxygen atoms in total. The van der Waals surface area contributed by atoms with E-state index < -0.39 is 16.1 Å². The molecule has 23 heavy (non-hydrogen) atoms. The van der Waals surface area contributed by atoms with Crippen molar-refractivity contribution in [3.8, 4) is 12.3 Å². The lowest BCUT2D eigenvalue weighted by Crippen LogP contribution is -2.35. The van der Waals surface area contributed by atoms with Gasteiger partial charge in [0.15, 0.2) is 0 Å². The summed E-state index contributed by atoms with van der Waals surface area (Å²) in [5.41, 5.74) is 0.485. The first-order valence-corrected chi connectivity index (χ1v) is 8.89. The minimum atomic E-state index is -3.61. The third kappa shape index (κ3) is 3.90. The van der Waals surface area contributed by atoms with Crippen molar-refractivity contribution in [3.63, 3.8) is 0 Å². The molecule has 0 fully saturated rings. The summed E-state index contributed by atoms with van der Waals surface area (Å²) in [6, 6.07) is 5.89. The molecule has 0 spiro atoms. The van der Waals surface area contributed by atoms with Gasteiger partial charge in [-0.15, -0.1) is 6.42 Å². The molecular weight excluding hydrogens is 314 g/mol. The Bertz CT molecular complexity index is 763. The van der Waals surface area contributed by atoms with Crippen LogP contribution in [0.25, 0.3) is 0 Å². The Morgan fingerprint density at radius 2 is 2.17 bits per heavy atom. The highest BCUT2D eigenvalue weighted by atomic mass is 32.2. The fourth-order valence-corrected chi connectivity index (χ4v) is 3.53. The van der Waals surface area contributed by atoms with Crippen molar-refractivity contribution in [2.75, 3.05) is 6.54 Å². The molecule has 0 bridgehead atoms. The molecule has 0 aromatic heterocycles. The molecule has 1 unspecified atom stereocenters. The molecule has 0 saturated heterocycles. The minimum Gasteiger partial charge on any atom is -0.343 e. The van der Waals surface area contributed by atoms with Gasteiger partial charge in [0.25, 0.3) is 10.0 Å². The summed E-state index contributed by atoms with van der Waals surface area (Å²) in [4.78, 5) is 16.7. The van der Waals surface area contributed by atoms with Crippen LogP contribution < -0.4 is 10.0 Å². The zero-order valence-corrected chi connectivity index (χ0v) is 13.7. The Kier molecular flexibility index (Phi) is 5.40. The molecule has 122 valence electrons. The number of nitrogens with one attached hydrogen (secondary N) is 2. The van der Waals surface area contributed by atoms with Gasteiger partial charge in [-0.1, -0.05) is 37.8 Å². The molecule has 7 heteroatoms. The van der Waals surface area contributed by atoms with E-state index in [1.807, 2.05) is 6.92 Å². The van der Waals surface area contributed by atoms with Crippen molar-refractivity contribution < 1.29 is 13.2 Å². The van der Waals surface area contributed by atoms with E-state index in [9.17, 15) is 13.2 Å². The first-order chi connectivity index (χ1) is 11.0. The van der Waals surface area contributed by atoms with Crippen LogP contribution in [0.4, 0.5) is 0 Å². The molecule has 0 aliphatic carbocycles. The number of amides is 1. The van der Waals surface area contributed by atoms with E-state index >= 15 is 0 Å². The van der Waals surface area contributed by atoms with Crippen molar-refractivity contribution in [1.29, 1.82) is 0 Å². The normalized spacial score (nSPS) is 17.8. The van der Waals surface area contributed by atoms with Gasteiger partial charge in [-0.2, -0.15) is 0 Å². The Labute approximate surface area is 136 Å². The summed E-state index contributed by atoms with van der Waals surface area (Å²) in [5.74, 6) is 2.25. The molecular formula is C16H19N3O3S. The molecule has 1 aliphatic heterocycles. The number of unbranched alkanes of at least 4 members (excludes halogenated alkanes) is 1. The lowest BCUT2D eigenvalue weighted by atomic mass is 10.1. The van der Waals surface area contributed by atoms with Crippen LogP contribution in [0.1, 0.15) is 31.7 Å². The predicted octanol–water partition coefficient (Wildman–Crippen LogP) is 1.03. The summed E-state index contributed by atoms with van der Waals surface area (Å²) < 4.78 is 26.6. The average Bonchev–Trinajstić information content (AvgIpc) is 2.80. The molecule has 2 rings (SSSR count). The first kappa shape index (κ1) is 17.0. The van der Waals surface area contributed by atoms with Crippen LogP contribution in [0, 0.1) is 12.3 Å². The number of fused-ring (bicyclic) bond motifs is 1. The van der Waals surface area contributed by atoms with Gasteiger partial charge in [0.05, 0.1) is 11.4 Å². The number of amidine groups is 1. The zero-order valence-electron chi connectivity index (χ0n) is 12.9. The summed E-state index contributed by atoms with van der Waals surface area (Å²) in [7, 11) is -3.61. The van der Waals surface area contributed by atoms with Crippen LogP contribution in [-0.4, -0.2) is 32.7 Å². The molecule has 1 aromatic carbocycles. The molecule has 1 heterocycles. The third-order valence-electron chi connectivity index (χ3n) is 3.45. The van der Waals surface area contributed by atoms with Crippen molar-refractivity contribution in [1.82, 2.24) is 10.0 Å². The van der Waals surface area contributed by atoms with Crippen molar-refractivity contribution in [2.45, 2.75) is 37.1 Å². The van der Waals surface area contributed by atoms with Crippen LogP contribution >= 0.6 is 0 Å². The molecule has 0 radical (unpaired) electrons. The van der Waals surface area contributed by atoms with Crippen molar-refractivity contribution in [2.24, 2.45) is 4.99 Å². The molecule has 1 atom stereocenters. The van der Waals surface area contributed by atoms with Gasteiger partial charge in [-0.3, -0.25) is 14.5 Å². The summed E-state index contributed by atoms with van der Waals surface area (Å²) in [6.45, 7) is 2.13. The SMILES string of the molecule is C#CCNC(=O)C(CCCC)N=C1NS(=O)(=O)c2ccccc21. The average molecular weight is 333 g/mol. The van der Waals surface area contributed by atoms with Crippen LogP contribution in [0.15, 0.2) is 34.2 Å². The number of carbonyl (C=O) groups is 1. The van der Waals surface area contributed by atoms with Gasteiger partial charge in [-0.05, 0) is 18.6 Å². The Balaban J connectivity index is 2.33.